The summed E-state index contributed by atoms with van der Waals surface area (Å²) in [6.45, 7) is 1.19. The van der Waals surface area contributed by atoms with E-state index in [9.17, 15) is 14.7 Å². The number of carboxylic acid groups (broad SMARTS) is 1. The minimum absolute atomic E-state index is 0.120. The van der Waals surface area contributed by atoms with Crippen molar-refractivity contribution >= 4 is 29.2 Å². The van der Waals surface area contributed by atoms with Crippen LogP contribution < -0.4 is 5.32 Å². The van der Waals surface area contributed by atoms with Crippen LogP contribution in [-0.2, 0) is 9.59 Å². The van der Waals surface area contributed by atoms with Crippen LogP contribution in [-0.4, -0.2) is 61.7 Å². The molecule has 2 fully saturated rings. The largest absolute Gasteiger partial charge is 0.481 e. The van der Waals surface area contributed by atoms with Gasteiger partial charge in [0, 0.05) is 13.1 Å². The first-order valence-corrected chi connectivity index (χ1v) is 9.14. The molecule has 27 heavy (non-hydrogen) atoms. The number of rotatable bonds is 5. The number of hydrogen-bond acceptors (Lipinski definition) is 6. The highest BCUT2D eigenvalue weighted by Gasteiger charge is 2.54. The number of hydrogen-bond donors (Lipinski definition) is 2. The molecule has 0 spiro atoms. The quantitative estimate of drug-likeness (QED) is 0.794. The second-order valence-corrected chi connectivity index (χ2v) is 7.59. The van der Waals surface area contributed by atoms with Crippen LogP contribution in [0.2, 0.25) is 5.02 Å². The Kier molecular flexibility index (Phi) is 4.56. The Hall–Kier alpha value is -2.52. The second kappa shape index (κ2) is 6.90. The van der Waals surface area contributed by atoms with Crippen molar-refractivity contribution in [1.29, 1.82) is 0 Å². The Morgan fingerprint density at radius 1 is 1.41 bits per heavy atom. The molecule has 0 bridgehead atoms. The number of anilines is 1. The number of carbonyl (C=O) groups is 2. The summed E-state index contributed by atoms with van der Waals surface area (Å²) in [4.78, 5) is 26.2. The van der Waals surface area contributed by atoms with E-state index in [0.717, 1.165) is 12.8 Å². The van der Waals surface area contributed by atoms with Gasteiger partial charge in [0.2, 0.25) is 5.91 Å². The molecule has 4 rings (SSSR count). The van der Waals surface area contributed by atoms with Crippen LogP contribution in [0.1, 0.15) is 19.3 Å². The van der Waals surface area contributed by atoms with E-state index in [-0.39, 0.29) is 18.4 Å². The van der Waals surface area contributed by atoms with Crippen molar-refractivity contribution in [3.63, 3.8) is 0 Å². The smallest absolute Gasteiger partial charge is 0.311 e. The zero-order valence-corrected chi connectivity index (χ0v) is 15.3. The maximum absolute atomic E-state index is 12.5. The number of aliphatic carboxylic acids is 1. The van der Waals surface area contributed by atoms with Gasteiger partial charge in [-0.05, 0) is 47.4 Å². The lowest BCUT2D eigenvalue weighted by molar-refractivity contribution is -0.149. The molecule has 142 valence electrons. The number of amides is 1. The van der Waals surface area contributed by atoms with Crippen LogP contribution >= 0.6 is 11.6 Å². The van der Waals surface area contributed by atoms with Crippen molar-refractivity contribution in [2.45, 2.75) is 19.3 Å². The summed E-state index contributed by atoms with van der Waals surface area (Å²) in [5.74, 6) is -0.856. The lowest BCUT2D eigenvalue weighted by Crippen LogP contribution is -2.37. The molecule has 1 saturated carbocycles. The minimum Gasteiger partial charge on any atom is -0.481 e. The zero-order valence-electron chi connectivity index (χ0n) is 14.5. The summed E-state index contributed by atoms with van der Waals surface area (Å²) in [5, 5.41) is 23.8. The van der Waals surface area contributed by atoms with Crippen molar-refractivity contribution in [3.05, 3.63) is 29.5 Å². The first-order valence-electron chi connectivity index (χ1n) is 8.76. The maximum atomic E-state index is 12.5. The number of benzene rings is 1. The normalized spacial score (nSPS) is 24.7. The van der Waals surface area contributed by atoms with Crippen LogP contribution in [0.3, 0.4) is 0 Å². The number of tetrazole rings is 1. The molecule has 1 aliphatic carbocycles. The summed E-state index contributed by atoms with van der Waals surface area (Å²) >= 11 is 6.19. The number of halogens is 1. The maximum Gasteiger partial charge on any atom is 0.311 e. The Morgan fingerprint density at radius 2 is 2.26 bits per heavy atom. The van der Waals surface area contributed by atoms with Gasteiger partial charge in [0.25, 0.3) is 0 Å². The molecule has 1 saturated heterocycles. The van der Waals surface area contributed by atoms with E-state index < -0.39 is 11.4 Å². The molecular formula is C17H19ClN6O3. The van der Waals surface area contributed by atoms with Gasteiger partial charge >= 0.3 is 5.97 Å². The molecule has 0 unspecified atom stereocenters. The Bertz CT molecular complexity index is 874. The number of fused-ring (bicyclic) bond motifs is 1. The molecular weight excluding hydrogens is 372 g/mol. The summed E-state index contributed by atoms with van der Waals surface area (Å²) in [5.41, 5.74) is 0.431. The Balaban J connectivity index is 1.43. The first kappa shape index (κ1) is 17.9. The highest BCUT2D eigenvalue weighted by molar-refractivity contribution is 6.33. The lowest BCUT2D eigenvalue weighted by Gasteiger charge is -2.23. The fraction of sp³-hybridized carbons (Fsp3) is 0.471. The van der Waals surface area contributed by atoms with Crippen molar-refractivity contribution in [2.24, 2.45) is 11.3 Å². The van der Waals surface area contributed by atoms with Crippen molar-refractivity contribution in [1.82, 2.24) is 25.1 Å². The van der Waals surface area contributed by atoms with E-state index in [2.05, 4.69) is 20.8 Å². The highest BCUT2D eigenvalue weighted by Crippen LogP contribution is 2.48. The predicted octanol–water partition coefficient (Wildman–Crippen LogP) is 1.44. The predicted molar refractivity (Wildman–Crippen MR) is 96.6 cm³/mol. The lowest BCUT2D eigenvalue weighted by atomic mass is 9.81. The van der Waals surface area contributed by atoms with Gasteiger partial charge in [0.05, 0.1) is 28.4 Å². The average Bonchev–Trinajstić information content (AvgIpc) is 3.32. The molecule has 9 nitrogen and oxygen atoms in total. The topological polar surface area (TPSA) is 113 Å². The van der Waals surface area contributed by atoms with Crippen molar-refractivity contribution < 1.29 is 14.7 Å². The third-order valence-corrected chi connectivity index (χ3v) is 5.90. The molecule has 2 aliphatic rings. The summed E-state index contributed by atoms with van der Waals surface area (Å²) in [7, 11) is 0. The molecule has 2 N–H and O–H groups in total. The fourth-order valence-electron chi connectivity index (χ4n) is 4.29. The van der Waals surface area contributed by atoms with Gasteiger partial charge in [0.1, 0.15) is 6.33 Å². The van der Waals surface area contributed by atoms with E-state index in [4.69, 9.17) is 11.6 Å². The first-order chi connectivity index (χ1) is 13.0. The fourth-order valence-corrected chi connectivity index (χ4v) is 4.45. The van der Waals surface area contributed by atoms with E-state index in [1.54, 1.807) is 18.2 Å². The summed E-state index contributed by atoms with van der Waals surface area (Å²) < 4.78 is 1.46. The third-order valence-electron chi connectivity index (χ3n) is 5.57. The van der Waals surface area contributed by atoms with Gasteiger partial charge in [-0.1, -0.05) is 18.0 Å². The van der Waals surface area contributed by atoms with Gasteiger partial charge in [-0.3, -0.25) is 14.5 Å². The molecule has 1 aromatic carbocycles. The van der Waals surface area contributed by atoms with Crippen LogP contribution in [0.15, 0.2) is 24.5 Å². The molecule has 2 atom stereocenters. The van der Waals surface area contributed by atoms with Crippen LogP contribution in [0.5, 0.6) is 0 Å². The van der Waals surface area contributed by atoms with E-state index >= 15 is 0 Å². The number of likely N-dealkylation sites (tertiary alicyclic amines) is 1. The van der Waals surface area contributed by atoms with Crippen molar-refractivity contribution in [2.75, 3.05) is 25.0 Å². The minimum atomic E-state index is -0.745. The van der Waals surface area contributed by atoms with Gasteiger partial charge in [-0.15, -0.1) is 5.10 Å². The summed E-state index contributed by atoms with van der Waals surface area (Å²) in [6, 6.07) is 5.09. The zero-order chi connectivity index (χ0) is 19.0. The standard InChI is InChI=1S/C17H19ClN6O3/c18-13-4-3-12(24-10-19-21-22-24)6-14(13)20-15(25)8-23-7-11-2-1-5-17(11,9-23)16(26)27/h3-4,6,10-11H,1-2,5,7-9H2,(H,20,25)(H,26,27)/t11-,17+/m0/s1. The van der Waals surface area contributed by atoms with Crippen LogP contribution in [0.4, 0.5) is 5.69 Å². The molecule has 2 heterocycles. The Labute approximate surface area is 160 Å². The molecule has 1 aromatic heterocycles. The number of aromatic nitrogens is 4. The van der Waals surface area contributed by atoms with Crippen LogP contribution in [0, 0.1) is 11.3 Å². The number of nitrogens with zero attached hydrogens (tertiary/aromatic N) is 5. The van der Waals surface area contributed by atoms with Gasteiger partial charge < -0.3 is 10.4 Å². The number of carbonyl (C=O) groups excluding carboxylic acids is 1. The van der Waals surface area contributed by atoms with Crippen LogP contribution in [0.25, 0.3) is 5.69 Å². The second-order valence-electron chi connectivity index (χ2n) is 7.19. The van der Waals surface area contributed by atoms with Crippen molar-refractivity contribution in [3.8, 4) is 5.69 Å². The van der Waals surface area contributed by atoms with Gasteiger partial charge in [-0.25, -0.2) is 4.68 Å². The summed E-state index contributed by atoms with van der Waals surface area (Å²) in [6.07, 6.45) is 3.98. The highest BCUT2D eigenvalue weighted by atomic mass is 35.5. The van der Waals surface area contributed by atoms with E-state index in [0.29, 0.717) is 35.9 Å². The number of carboxylic acids is 1. The van der Waals surface area contributed by atoms with Gasteiger partial charge in [-0.2, -0.15) is 0 Å². The molecule has 0 radical (unpaired) electrons. The van der Waals surface area contributed by atoms with E-state index in [1.807, 2.05) is 4.90 Å². The molecule has 10 heteroatoms. The Morgan fingerprint density at radius 3 is 2.96 bits per heavy atom. The van der Waals surface area contributed by atoms with E-state index in [1.165, 1.54) is 11.0 Å². The monoisotopic (exact) mass is 390 g/mol. The van der Waals surface area contributed by atoms with Gasteiger partial charge in [0.15, 0.2) is 0 Å². The third kappa shape index (κ3) is 3.28. The molecule has 1 amide bonds. The molecule has 2 aromatic rings. The average molecular weight is 391 g/mol. The molecule has 1 aliphatic heterocycles. The SMILES string of the molecule is O=C(CN1C[C@@H]2CCC[C@@]2(C(=O)O)C1)Nc1cc(-n2cnnn2)ccc1Cl. The number of nitrogens with one attached hydrogen (secondary N) is 1.